The van der Waals surface area contributed by atoms with E-state index in [1.165, 1.54) is 18.9 Å². The predicted octanol–water partition coefficient (Wildman–Crippen LogP) is 2.37. The lowest BCUT2D eigenvalue weighted by Crippen LogP contribution is -2.57. The van der Waals surface area contributed by atoms with Crippen LogP contribution in [-0.4, -0.2) is 73.1 Å². The van der Waals surface area contributed by atoms with Crippen molar-refractivity contribution >= 4 is 11.8 Å². The van der Waals surface area contributed by atoms with Gasteiger partial charge in [0.25, 0.3) is 0 Å². The van der Waals surface area contributed by atoms with Crippen LogP contribution in [0.4, 0.5) is 4.39 Å². The largest absolute Gasteiger partial charge is 0.374 e. The van der Waals surface area contributed by atoms with Gasteiger partial charge in [0.15, 0.2) is 0 Å². The Bertz CT molecular complexity index is 764. The van der Waals surface area contributed by atoms with Crippen LogP contribution in [0.25, 0.3) is 0 Å². The lowest BCUT2D eigenvalue weighted by atomic mass is 9.90. The summed E-state index contributed by atoms with van der Waals surface area (Å²) in [5.74, 6) is -0.0128. The number of amides is 2. The van der Waals surface area contributed by atoms with E-state index in [9.17, 15) is 14.0 Å². The first-order valence-corrected chi connectivity index (χ1v) is 11.8. The van der Waals surface area contributed by atoms with Crippen LogP contribution in [0.2, 0.25) is 0 Å². The van der Waals surface area contributed by atoms with Gasteiger partial charge in [0, 0.05) is 19.0 Å². The number of carbonyl (C=O) groups is 2. The van der Waals surface area contributed by atoms with Crippen LogP contribution in [0.3, 0.4) is 0 Å². The number of carbonyl (C=O) groups excluding carboxylic acids is 2. The summed E-state index contributed by atoms with van der Waals surface area (Å²) < 4.78 is 19.6. The monoisotopic (exact) mass is 431 g/mol. The van der Waals surface area contributed by atoms with E-state index in [1.54, 1.807) is 12.1 Å². The van der Waals surface area contributed by atoms with Crippen LogP contribution < -0.4 is 5.32 Å². The van der Waals surface area contributed by atoms with E-state index in [2.05, 4.69) is 15.1 Å². The van der Waals surface area contributed by atoms with E-state index in [0.29, 0.717) is 38.2 Å². The number of rotatable bonds is 6. The summed E-state index contributed by atoms with van der Waals surface area (Å²) >= 11 is 0. The van der Waals surface area contributed by atoms with Crippen molar-refractivity contribution in [3.05, 3.63) is 35.6 Å². The minimum atomic E-state index is -0.227. The third kappa shape index (κ3) is 5.63. The quantitative estimate of drug-likeness (QED) is 0.751. The molecule has 0 bridgehead atoms. The van der Waals surface area contributed by atoms with Gasteiger partial charge >= 0.3 is 0 Å². The average Bonchev–Trinajstić information content (AvgIpc) is 2.80. The van der Waals surface area contributed by atoms with Crippen molar-refractivity contribution in [3.63, 3.8) is 0 Å². The van der Waals surface area contributed by atoms with Crippen molar-refractivity contribution in [1.82, 2.24) is 15.1 Å². The number of fused-ring (bicyclic) bond motifs is 1. The van der Waals surface area contributed by atoms with E-state index >= 15 is 0 Å². The Labute approximate surface area is 184 Å². The van der Waals surface area contributed by atoms with Gasteiger partial charge in [-0.1, -0.05) is 31.0 Å². The SMILES string of the molecule is O=C(NCCc1ccccc1F)C1CCN(CC(=O)N2CCOC3CCCCC32)CC1. The van der Waals surface area contributed by atoms with Gasteiger partial charge in [-0.15, -0.1) is 0 Å². The zero-order valence-corrected chi connectivity index (χ0v) is 18.2. The number of halogens is 1. The Kier molecular flexibility index (Phi) is 7.56. The molecule has 0 aromatic heterocycles. The molecule has 2 amide bonds. The number of hydrogen-bond donors (Lipinski definition) is 1. The summed E-state index contributed by atoms with van der Waals surface area (Å²) in [4.78, 5) is 29.7. The molecule has 1 N–H and O–H groups in total. The number of nitrogens with one attached hydrogen (secondary N) is 1. The second-order valence-electron chi connectivity index (χ2n) is 9.03. The van der Waals surface area contributed by atoms with Gasteiger partial charge < -0.3 is 15.0 Å². The molecule has 1 saturated carbocycles. The number of benzene rings is 1. The molecule has 2 heterocycles. The molecule has 3 aliphatic rings. The molecule has 1 aromatic rings. The van der Waals surface area contributed by atoms with Gasteiger partial charge in [-0.2, -0.15) is 0 Å². The zero-order chi connectivity index (χ0) is 21.6. The second-order valence-corrected chi connectivity index (χ2v) is 9.03. The van der Waals surface area contributed by atoms with Gasteiger partial charge in [-0.25, -0.2) is 4.39 Å². The van der Waals surface area contributed by atoms with Gasteiger partial charge in [0.1, 0.15) is 5.82 Å². The van der Waals surface area contributed by atoms with Crippen molar-refractivity contribution in [2.45, 2.75) is 57.1 Å². The maximum absolute atomic E-state index is 13.7. The Hall–Kier alpha value is -1.99. The molecule has 1 aromatic carbocycles. The van der Waals surface area contributed by atoms with E-state index < -0.39 is 0 Å². The fourth-order valence-electron chi connectivity index (χ4n) is 5.21. The molecule has 170 valence electrons. The fourth-order valence-corrected chi connectivity index (χ4v) is 5.21. The fraction of sp³-hybridized carbons (Fsp3) is 0.667. The van der Waals surface area contributed by atoms with E-state index in [4.69, 9.17) is 4.74 Å². The smallest absolute Gasteiger partial charge is 0.237 e. The average molecular weight is 432 g/mol. The van der Waals surface area contributed by atoms with Crippen LogP contribution in [0.15, 0.2) is 24.3 Å². The molecule has 31 heavy (non-hydrogen) atoms. The summed E-state index contributed by atoms with van der Waals surface area (Å²) in [6, 6.07) is 6.92. The van der Waals surface area contributed by atoms with Crippen molar-refractivity contribution < 1.29 is 18.7 Å². The van der Waals surface area contributed by atoms with Crippen LogP contribution in [0.1, 0.15) is 44.1 Å². The summed E-state index contributed by atoms with van der Waals surface area (Å²) in [7, 11) is 0. The third-order valence-corrected chi connectivity index (χ3v) is 7.02. The highest BCUT2D eigenvalue weighted by Crippen LogP contribution is 2.28. The number of piperidine rings is 1. The van der Waals surface area contributed by atoms with Crippen molar-refractivity contribution in [2.75, 3.05) is 39.3 Å². The molecule has 2 aliphatic heterocycles. The van der Waals surface area contributed by atoms with Gasteiger partial charge in [-0.3, -0.25) is 14.5 Å². The minimum Gasteiger partial charge on any atom is -0.374 e. The van der Waals surface area contributed by atoms with E-state index in [0.717, 1.165) is 38.8 Å². The molecular formula is C24H34FN3O3. The summed E-state index contributed by atoms with van der Waals surface area (Å²) in [5, 5.41) is 2.95. The van der Waals surface area contributed by atoms with Gasteiger partial charge in [0.05, 0.1) is 25.3 Å². The molecule has 4 rings (SSSR count). The summed E-state index contributed by atoms with van der Waals surface area (Å²) in [6.07, 6.45) is 6.70. The van der Waals surface area contributed by atoms with Crippen molar-refractivity contribution in [1.29, 1.82) is 0 Å². The van der Waals surface area contributed by atoms with Gasteiger partial charge in [0.2, 0.25) is 11.8 Å². The van der Waals surface area contributed by atoms with Crippen LogP contribution in [0, 0.1) is 11.7 Å². The number of ether oxygens (including phenoxy) is 1. The molecule has 2 saturated heterocycles. The third-order valence-electron chi connectivity index (χ3n) is 7.02. The molecule has 0 radical (unpaired) electrons. The Morgan fingerprint density at radius 3 is 2.65 bits per heavy atom. The molecule has 7 heteroatoms. The zero-order valence-electron chi connectivity index (χ0n) is 18.2. The van der Waals surface area contributed by atoms with E-state index in [1.807, 2.05) is 6.07 Å². The molecule has 0 spiro atoms. The molecule has 2 unspecified atom stereocenters. The van der Waals surface area contributed by atoms with Crippen molar-refractivity contribution in [2.24, 2.45) is 5.92 Å². The van der Waals surface area contributed by atoms with Gasteiger partial charge in [-0.05, 0) is 56.8 Å². The van der Waals surface area contributed by atoms with Crippen LogP contribution in [-0.2, 0) is 20.7 Å². The van der Waals surface area contributed by atoms with Crippen LogP contribution >= 0.6 is 0 Å². The first-order valence-electron chi connectivity index (χ1n) is 11.8. The predicted molar refractivity (Wildman–Crippen MR) is 116 cm³/mol. The maximum Gasteiger partial charge on any atom is 0.237 e. The highest BCUT2D eigenvalue weighted by atomic mass is 19.1. The van der Waals surface area contributed by atoms with E-state index in [-0.39, 0.29) is 35.7 Å². The molecular weight excluding hydrogens is 397 g/mol. The maximum atomic E-state index is 13.7. The minimum absolute atomic E-state index is 0.0296. The normalized spacial score (nSPS) is 25.1. The Balaban J connectivity index is 1.18. The second kappa shape index (κ2) is 10.6. The topological polar surface area (TPSA) is 61.9 Å². The van der Waals surface area contributed by atoms with Crippen molar-refractivity contribution in [3.8, 4) is 0 Å². The highest BCUT2D eigenvalue weighted by Gasteiger charge is 2.37. The highest BCUT2D eigenvalue weighted by molar-refractivity contribution is 5.80. The summed E-state index contributed by atoms with van der Waals surface area (Å²) in [5.41, 5.74) is 0.624. The summed E-state index contributed by atoms with van der Waals surface area (Å²) in [6.45, 7) is 3.73. The number of hydrogen-bond acceptors (Lipinski definition) is 4. The first kappa shape index (κ1) is 22.2. The Morgan fingerprint density at radius 1 is 1.06 bits per heavy atom. The number of nitrogens with zero attached hydrogens (tertiary/aromatic N) is 2. The molecule has 3 fully saturated rings. The first-order chi connectivity index (χ1) is 15.1. The molecule has 1 aliphatic carbocycles. The number of morpholine rings is 1. The standard InChI is InChI=1S/C24H34FN3O3/c25-20-6-2-1-5-18(20)9-12-26-24(30)19-10-13-27(14-11-19)17-23(29)28-15-16-31-22-8-4-3-7-21(22)28/h1-2,5-6,19,21-22H,3-4,7-17H2,(H,26,30). The lowest BCUT2D eigenvalue weighted by molar-refractivity contribution is -0.151. The Morgan fingerprint density at radius 2 is 1.84 bits per heavy atom. The molecule has 6 nitrogen and oxygen atoms in total. The lowest BCUT2D eigenvalue weighted by Gasteiger charge is -2.44. The van der Waals surface area contributed by atoms with Crippen LogP contribution in [0.5, 0.6) is 0 Å². The molecule has 2 atom stereocenters. The number of likely N-dealkylation sites (tertiary alicyclic amines) is 1.